The summed E-state index contributed by atoms with van der Waals surface area (Å²) in [6.07, 6.45) is -5.48. The molecular formula is C21H15F6N5O2S. The van der Waals surface area contributed by atoms with Gasteiger partial charge in [0.15, 0.2) is 15.7 Å². The molecule has 7 nitrogen and oxygen atoms in total. The summed E-state index contributed by atoms with van der Waals surface area (Å²) in [6, 6.07) is 2.69. The largest absolute Gasteiger partial charge is 0.433 e. The number of imidazole rings is 1. The van der Waals surface area contributed by atoms with Gasteiger partial charge in [-0.05, 0) is 18.2 Å². The van der Waals surface area contributed by atoms with Gasteiger partial charge < -0.3 is 4.57 Å². The van der Waals surface area contributed by atoms with Crippen molar-refractivity contribution in [3.05, 3.63) is 54.2 Å². The summed E-state index contributed by atoms with van der Waals surface area (Å²) >= 11 is 0. The van der Waals surface area contributed by atoms with Crippen LogP contribution in [0.5, 0.6) is 0 Å². The van der Waals surface area contributed by atoms with Crippen LogP contribution in [0.1, 0.15) is 18.2 Å². The summed E-state index contributed by atoms with van der Waals surface area (Å²) in [5, 5.41) is 0. The Morgan fingerprint density at radius 1 is 0.886 bits per heavy atom. The molecule has 0 spiro atoms. The van der Waals surface area contributed by atoms with Crippen molar-refractivity contribution >= 4 is 20.9 Å². The second-order valence-corrected chi connectivity index (χ2v) is 9.73. The van der Waals surface area contributed by atoms with Crippen LogP contribution in [0.4, 0.5) is 26.3 Å². The molecule has 4 aromatic rings. The van der Waals surface area contributed by atoms with Crippen LogP contribution in [0, 0.1) is 0 Å². The molecule has 0 N–H and O–H groups in total. The summed E-state index contributed by atoms with van der Waals surface area (Å²) in [5.74, 6) is -0.419. The van der Waals surface area contributed by atoms with Gasteiger partial charge in [-0.15, -0.1) is 0 Å². The third kappa shape index (κ3) is 4.57. The molecule has 0 saturated carbocycles. The summed E-state index contributed by atoms with van der Waals surface area (Å²) in [4.78, 5) is 14.9. The van der Waals surface area contributed by atoms with E-state index in [1.54, 1.807) is 0 Å². The molecule has 0 unspecified atom stereocenters. The molecule has 0 aliphatic carbocycles. The van der Waals surface area contributed by atoms with Gasteiger partial charge in [0.05, 0.1) is 33.4 Å². The number of alkyl halides is 6. The van der Waals surface area contributed by atoms with Crippen LogP contribution >= 0.6 is 0 Å². The van der Waals surface area contributed by atoms with E-state index in [1.807, 2.05) is 0 Å². The van der Waals surface area contributed by atoms with Gasteiger partial charge in [0.2, 0.25) is 0 Å². The molecule has 0 saturated heterocycles. The third-order valence-electron chi connectivity index (χ3n) is 5.24. The van der Waals surface area contributed by atoms with Crippen molar-refractivity contribution in [2.24, 2.45) is 7.05 Å². The number of pyridine rings is 3. The van der Waals surface area contributed by atoms with E-state index < -0.39 is 33.4 Å². The highest BCUT2D eigenvalue weighted by Crippen LogP contribution is 2.35. The van der Waals surface area contributed by atoms with E-state index in [0.717, 1.165) is 36.8 Å². The highest BCUT2D eigenvalue weighted by molar-refractivity contribution is 7.91. The fourth-order valence-electron chi connectivity index (χ4n) is 3.37. The number of hydrogen-bond donors (Lipinski definition) is 0. The van der Waals surface area contributed by atoms with Crippen molar-refractivity contribution in [1.82, 2.24) is 24.5 Å². The second kappa shape index (κ2) is 8.29. The Hall–Kier alpha value is -3.55. The number of sulfone groups is 1. The molecule has 14 heteroatoms. The fourth-order valence-corrected chi connectivity index (χ4v) is 4.43. The maximum absolute atomic E-state index is 13.1. The molecule has 0 fully saturated rings. The van der Waals surface area contributed by atoms with Crippen molar-refractivity contribution in [2.75, 3.05) is 5.75 Å². The molecule has 0 amide bonds. The van der Waals surface area contributed by atoms with Gasteiger partial charge in [-0.3, -0.25) is 9.97 Å². The van der Waals surface area contributed by atoms with Gasteiger partial charge in [-0.1, -0.05) is 6.92 Å². The quantitative estimate of drug-likeness (QED) is 0.359. The SMILES string of the molecule is CCS(=O)(=O)c1cc(-c2cncc(C(F)(F)F)c2)cnc1-c1nc2cc(C(F)(F)F)ncc2n1C. The van der Waals surface area contributed by atoms with Gasteiger partial charge in [0, 0.05) is 36.8 Å². The van der Waals surface area contributed by atoms with Crippen LogP contribution < -0.4 is 0 Å². The Labute approximate surface area is 194 Å². The highest BCUT2D eigenvalue weighted by atomic mass is 32.2. The van der Waals surface area contributed by atoms with Crippen molar-refractivity contribution in [3.8, 4) is 22.6 Å². The number of aryl methyl sites for hydroxylation is 1. The molecule has 0 aromatic carbocycles. The predicted octanol–water partition coefficient (Wildman–Crippen LogP) is 4.92. The Kier molecular flexibility index (Phi) is 5.82. The number of hydrogen-bond acceptors (Lipinski definition) is 6. The van der Waals surface area contributed by atoms with Crippen LogP contribution in [0.25, 0.3) is 33.7 Å². The van der Waals surface area contributed by atoms with E-state index in [1.165, 1.54) is 18.5 Å². The first-order valence-corrected chi connectivity index (χ1v) is 11.5. The van der Waals surface area contributed by atoms with Gasteiger partial charge >= 0.3 is 12.4 Å². The zero-order chi connectivity index (χ0) is 25.8. The zero-order valence-corrected chi connectivity index (χ0v) is 18.8. The number of nitrogens with zero attached hydrogens (tertiary/aromatic N) is 5. The third-order valence-corrected chi connectivity index (χ3v) is 6.98. The zero-order valence-electron chi connectivity index (χ0n) is 18.0. The smallest absolute Gasteiger partial charge is 0.324 e. The van der Waals surface area contributed by atoms with Crippen LogP contribution in [-0.4, -0.2) is 38.7 Å². The molecule has 0 bridgehead atoms. The van der Waals surface area contributed by atoms with Crippen LogP contribution in [0.2, 0.25) is 0 Å². The molecule has 35 heavy (non-hydrogen) atoms. The van der Waals surface area contributed by atoms with E-state index in [-0.39, 0.29) is 44.3 Å². The topological polar surface area (TPSA) is 90.6 Å². The molecule has 4 heterocycles. The average molecular weight is 515 g/mol. The van der Waals surface area contributed by atoms with Gasteiger partial charge in [-0.25, -0.2) is 18.4 Å². The van der Waals surface area contributed by atoms with Crippen molar-refractivity contribution < 1.29 is 34.8 Å². The van der Waals surface area contributed by atoms with Crippen molar-refractivity contribution in [1.29, 1.82) is 0 Å². The van der Waals surface area contributed by atoms with Crippen molar-refractivity contribution in [3.63, 3.8) is 0 Å². The predicted molar refractivity (Wildman–Crippen MR) is 113 cm³/mol. The Bertz CT molecular complexity index is 1540. The molecule has 4 rings (SSSR count). The fraction of sp³-hybridized carbons (Fsp3) is 0.238. The van der Waals surface area contributed by atoms with Gasteiger partial charge in [-0.2, -0.15) is 26.3 Å². The second-order valence-electron chi connectivity index (χ2n) is 7.48. The van der Waals surface area contributed by atoms with E-state index in [9.17, 15) is 34.8 Å². The molecular weight excluding hydrogens is 500 g/mol. The first kappa shape index (κ1) is 24.6. The molecule has 0 radical (unpaired) electrons. The summed E-state index contributed by atoms with van der Waals surface area (Å²) < 4.78 is 106. The van der Waals surface area contributed by atoms with Crippen LogP contribution in [-0.2, 0) is 29.2 Å². The summed E-state index contributed by atoms with van der Waals surface area (Å²) in [7, 11) is -2.53. The molecule has 0 aliphatic heterocycles. The molecule has 0 aliphatic rings. The number of aromatic nitrogens is 5. The maximum Gasteiger partial charge on any atom is 0.433 e. The van der Waals surface area contributed by atoms with Gasteiger partial charge in [0.1, 0.15) is 11.4 Å². The molecule has 4 aromatic heterocycles. The van der Waals surface area contributed by atoms with Crippen molar-refractivity contribution in [2.45, 2.75) is 24.2 Å². The highest BCUT2D eigenvalue weighted by Gasteiger charge is 2.34. The Morgan fingerprint density at radius 3 is 2.20 bits per heavy atom. The number of rotatable bonds is 4. The van der Waals surface area contributed by atoms with Crippen LogP contribution in [0.15, 0.2) is 47.9 Å². The lowest BCUT2D eigenvalue weighted by atomic mass is 10.1. The standard InChI is InChI=1S/C21H15F6N5O2S/c1-3-35(33,34)16-5-12(11-4-13(9-28-7-11)20(22,23)24)8-30-18(16)19-31-14-6-17(21(25,26)27)29-10-15(14)32(19)2/h4-10H,3H2,1-2H3. The lowest BCUT2D eigenvalue weighted by molar-refractivity contribution is -0.141. The van der Waals surface area contributed by atoms with E-state index >= 15 is 0 Å². The minimum atomic E-state index is -4.71. The van der Waals surface area contributed by atoms with E-state index in [2.05, 4.69) is 19.9 Å². The lowest BCUT2D eigenvalue weighted by Gasteiger charge is -2.12. The first-order valence-electron chi connectivity index (χ1n) is 9.88. The van der Waals surface area contributed by atoms with E-state index in [0.29, 0.717) is 6.20 Å². The van der Waals surface area contributed by atoms with Gasteiger partial charge in [0.25, 0.3) is 0 Å². The summed E-state index contributed by atoms with van der Waals surface area (Å²) in [5.41, 5.74) is -2.21. The lowest BCUT2D eigenvalue weighted by Crippen LogP contribution is -2.09. The minimum absolute atomic E-state index is 0.0181. The normalized spacial score (nSPS) is 12.9. The first-order chi connectivity index (χ1) is 16.2. The molecule has 184 valence electrons. The minimum Gasteiger partial charge on any atom is -0.324 e. The monoisotopic (exact) mass is 515 g/mol. The Balaban J connectivity index is 1.92. The van der Waals surface area contributed by atoms with E-state index in [4.69, 9.17) is 0 Å². The maximum atomic E-state index is 13.1. The number of fused-ring (bicyclic) bond motifs is 1. The Morgan fingerprint density at radius 2 is 1.57 bits per heavy atom. The number of halogens is 6. The van der Waals surface area contributed by atoms with Crippen LogP contribution in [0.3, 0.4) is 0 Å². The average Bonchev–Trinajstić information content (AvgIpc) is 3.13. The summed E-state index contributed by atoms with van der Waals surface area (Å²) in [6.45, 7) is 1.37. The molecule has 0 atom stereocenters.